The zero-order valence-electron chi connectivity index (χ0n) is 17.6. The maximum atomic E-state index is 11.1. The van der Waals surface area contributed by atoms with Crippen LogP contribution in [-0.2, 0) is 4.79 Å². The van der Waals surface area contributed by atoms with Crippen LogP contribution in [0.25, 0.3) is 21.3 Å². The quantitative estimate of drug-likeness (QED) is 0.340. The lowest BCUT2D eigenvalue weighted by atomic mass is 9.87. The van der Waals surface area contributed by atoms with Gasteiger partial charge in [0.25, 0.3) is 0 Å². The van der Waals surface area contributed by atoms with Crippen molar-refractivity contribution in [3.05, 3.63) is 59.9 Å². The Labute approximate surface area is 199 Å². The summed E-state index contributed by atoms with van der Waals surface area (Å²) in [5.41, 5.74) is 3.60. The van der Waals surface area contributed by atoms with E-state index in [0.29, 0.717) is 36.7 Å². The standard InChI is InChI=1S/C24H21ClN4O3S/c25-19-2-1-3-20-21(19)29-24(33-20)28-17-8-4-14(5-9-17)16-12-26-23(27-13-16)32-18-10-6-15(7-11-18)22(30)31/h1-5,8-9,12-13,15,18H,6-7,10-11H2,(H,28,29)(H,30,31). The molecule has 5 rings (SSSR count). The molecular weight excluding hydrogens is 460 g/mol. The molecule has 0 atom stereocenters. The molecule has 0 bridgehead atoms. The predicted molar refractivity (Wildman–Crippen MR) is 129 cm³/mol. The van der Waals surface area contributed by atoms with E-state index < -0.39 is 5.97 Å². The summed E-state index contributed by atoms with van der Waals surface area (Å²) in [5.74, 6) is -0.988. The van der Waals surface area contributed by atoms with Crippen LogP contribution in [0.15, 0.2) is 54.9 Å². The number of rotatable bonds is 6. The number of nitrogens with zero attached hydrogens (tertiary/aromatic N) is 3. The minimum Gasteiger partial charge on any atom is -0.481 e. The lowest BCUT2D eigenvalue weighted by Crippen LogP contribution is -2.28. The van der Waals surface area contributed by atoms with Crippen molar-refractivity contribution in [3.63, 3.8) is 0 Å². The number of aromatic nitrogens is 3. The van der Waals surface area contributed by atoms with Crippen LogP contribution in [0, 0.1) is 5.92 Å². The number of anilines is 2. The van der Waals surface area contributed by atoms with Gasteiger partial charge in [-0.3, -0.25) is 4.79 Å². The lowest BCUT2D eigenvalue weighted by molar-refractivity contribution is -0.143. The summed E-state index contributed by atoms with van der Waals surface area (Å²) in [6.07, 6.45) is 6.11. The maximum Gasteiger partial charge on any atom is 0.316 e. The van der Waals surface area contributed by atoms with E-state index in [-0.39, 0.29) is 12.0 Å². The molecule has 0 saturated heterocycles. The molecule has 0 amide bonds. The monoisotopic (exact) mass is 480 g/mol. The van der Waals surface area contributed by atoms with Gasteiger partial charge in [0.1, 0.15) is 11.6 Å². The Morgan fingerprint density at radius 3 is 2.42 bits per heavy atom. The normalized spacial score (nSPS) is 18.2. The van der Waals surface area contributed by atoms with Gasteiger partial charge in [0.15, 0.2) is 5.13 Å². The number of halogens is 1. The Morgan fingerprint density at radius 1 is 1.03 bits per heavy atom. The van der Waals surface area contributed by atoms with Crippen molar-refractivity contribution < 1.29 is 14.6 Å². The van der Waals surface area contributed by atoms with E-state index in [1.807, 2.05) is 42.5 Å². The first-order valence-electron chi connectivity index (χ1n) is 10.7. The van der Waals surface area contributed by atoms with Gasteiger partial charge in [-0.25, -0.2) is 15.0 Å². The van der Waals surface area contributed by atoms with Crippen molar-refractivity contribution in [2.45, 2.75) is 31.8 Å². The number of para-hydroxylation sites is 1. The SMILES string of the molecule is O=C(O)C1CCC(Oc2ncc(-c3ccc(Nc4nc5c(Cl)cccc5s4)cc3)cn2)CC1. The molecule has 2 N–H and O–H groups in total. The molecule has 7 nitrogen and oxygen atoms in total. The van der Waals surface area contributed by atoms with Gasteiger partial charge < -0.3 is 15.2 Å². The van der Waals surface area contributed by atoms with Gasteiger partial charge in [-0.05, 0) is 55.5 Å². The molecule has 2 aromatic carbocycles. The molecule has 0 aliphatic heterocycles. The van der Waals surface area contributed by atoms with Crippen LogP contribution >= 0.6 is 22.9 Å². The molecule has 1 saturated carbocycles. The number of hydrogen-bond donors (Lipinski definition) is 2. The molecule has 1 aliphatic rings. The molecular formula is C24H21ClN4O3S. The largest absolute Gasteiger partial charge is 0.481 e. The van der Waals surface area contributed by atoms with Gasteiger partial charge in [-0.2, -0.15) is 0 Å². The van der Waals surface area contributed by atoms with Gasteiger partial charge in [0, 0.05) is 23.6 Å². The van der Waals surface area contributed by atoms with Gasteiger partial charge in [-0.15, -0.1) is 0 Å². The van der Waals surface area contributed by atoms with Crippen molar-refractivity contribution >= 4 is 49.9 Å². The van der Waals surface area contributed by atoms with Gasteiger partial charge in [-0.1, -0.05) is 41.1 Å². The Bertz CT molecular complexity index is 1270. The first kappa shape index (κ1) is 21.6. The fourth-order valence-electron chi connectivity index (χ4n) is 3.94. The summed E-state index contributed by atoms with van der Waals surface area (Å²) in [5, 5.41) is 13.9. The van der Waals surface area contributed by atoms with E-state index in [4.69, 9.17) is 21.4 Å². The average Bonchev–Trinajstić information content (AvgIpc) is 3.24. The third-order valence-electron chi connectivity index (χ3n) is 5.76. The summed E-state index contributed by atoms with van der Waals surface area (Å²) >= 11 is 7.77. The average molecular weight is 481 g/mol. The molecule has 1 fully saturated rings. The van der Waals surface area contributed by atoms with Crippen LogP contribution in [0.3, 0.4) is 0 Å². The molecule has 4 aromatic rings. The lowest BCUT2D eigenvalue weighted by Gasteiger charge is -2.25. The Morgan fingerprint density at radius 2 is 1.76 bits per heavy atom. The minimum absolute atomic E-state index is 0.0331. The van der Waals surface area contributed by atoms with E-state index in [1.165, 1.54) is 0 Å². The number of nitrogens with one attached hydrogen (secondary N) is 1. The smallest absolute Gasteiger partial charge is 0.316 e. The third kappa shape index (κ3) is 4.91. The summed E-state index contributed by atoms with van der Waals surface area (Å²) < 4.78 is 6.89. The van der Waals surface area contributed by atoms with Crippen LogP contribution in [-0.4, -0.2) is 32.1 Å². The van der Waals surface area contributed by atoms with Gasteiger partial charge >= 0.3 is 12.0 Å². The highest BCUT2D eigenvalue weighted by atomic mass is 35.5. The second kappa shape index (κ2) is 9.33. The Balaban J connectivity index is 1.21. The van der Waals surface area contributed by atoms with Crippen LogP contribution in [0.4, 0.5) is 10.8 Å². The number of hydrogen-bond acceptors (Lipinski definition) is 7. The fraction of sp³-hybridized carbons (Fsp3) is 0.250. The highest BCUT2D eigenvalue weighted by Gasteiger charge is 2.27. The van der Waals surface area contributed by atoms with Crippen molar-refractivity contribution in [2.24, 2.45) is 5.92 Å². The molecule has 0 radical (unpaired) electrons. The number of aliphatic carboxylic acids is 1. The number of benzene rings is 2. The molecule has 168 valence electrons. The first-order valence-corrected chi connectivity index (χ1v) is 11.9. The van der Waals surface area contributed by atoms with Crippen molar-refractivity contribution in [1.82, 2.24) is 15.0 Å². The van der Waals surface area contributed by atoms with Crippen molar-refractivity contribution in [1.29, 1.82) is 0 Å². The second-order valence-electron chi connectivity index (χ2n) is 7.99. The first-order chi connectivity index (χ1) is 16.0. The summed E-state index contributed by atoms with van der Waals surface area (Å²) in [7, 11) is 0. The highest BCUT2D eigenvalue weighted by Crippen LogP contribution is 2.33. The second-order valence-corrected chi connectivity index (χ2v) is 9.43. The predicted octanol–water partition coefficient (Wildman–Crippen LogP) is 6.17. The summed E-state index contributed by atoms with van der Waals surface area (Å²) in [6.45, 7) is 0. The van der Waals surface area contributed by atoms with E-state index >= 15 is 0 Å². The molecule has 33 heavy (non-hydrogen) atoms. The molecule has 0 unspecified atom stereocenters. The highest BCUT2D eigenvalue weighted by molar-refractivity contribution is 7.22. The third-order valence-corrected chi connectivity index (χ3v) is 7.00. The van der Waals surface area contributed by atoms with E-state index in [2.05, 4.69) is 20.3 Å². The Hall–Kier alpha value is -3.23. The number of carboxylic acid groups (broad SMARTS) is 1. The topological polar surface area (TPSA) is 97.2 Å². The van der Waals surface area contributed by atoms with E-state index in [9.17, 15) is 4.79 Å². The maximum absolute atomic E-state index is 11.1. The van der Waals surface area contributed by atoms with Crippen molar-refractivity contribution in [2.75, 3.05) is 5.32 Å². The van der Waals surface area contributed by atoms with Crippen LogP contribution in [0.1, 0.15) is 25.7 Å². The van der Waals surface area contributed by atoms with Gasteiger partial charge in [0.2, 0.25) is 0 Å². The van der Waals surface area contributed by atoms with Gasteiger partial charge in [0.05, 0.1) is 15.6 Å². The van der Waals surface area contributed by atoms with Crippen LogP contribution < -0.4 is 10.1 Å². The molecule has 1 aliphatic carbocycles. The summed E-state index contributed by atoms with van der Waals surface area (Å²) in [6, 6.07) is 14.0. The molecule has 0 spiro atoms. The molecule has 2 aromatic heterocycles. The minimum atomic E-state index is -0.722. The molecule has 2 heterocycles. The van der Waals surface area contributed by atoms with Crippen LogP contribution in [0.2, 0.25) is 5.02 Å². The van der Waals surface area contributed by atoms with E-state index in [1.54, 1.807) is 23.7 Å². The Kier molecular flexibility index (Phi) is 6.11. The number of fused-ring (bicyclic) bond motifs is 1. The number of ether oxygens (including phenoxy) is 1. The fourth-order valence-corrected chi connectivity index (χ4v) is 5.13. The zero-order chi connectivity index (χ0) is 22.8. The number of carboxylic acids is 1. The number of thiazole rings is 1. The molecule has 9 heteroatoms. The van der Waals surface area contributed by atoms with E-state index in [0.717, 1.165) is 32.2 Å². The summed E-state index contributed by atoms with van der Waals surface area (Å²) in [4.78, 5) is 24.3. The van der Waals surface area contributed by atoms with Crippen molar-refractivity contribution in [3.8, 4) is 17.1 Å². The van der Waals surface area contributed by atoms with Crippen LogP contribution in [0.5, 0.6) is 6.01 Å². The number of carbonyl (C=O) groups is 1. The zero-order valence-corrected chi connectivity index (χ0v) is 19.1.